The van der Waals surface area contributed by atoms with Gasteiger partial charge in [0.05, 0.1) is 29.4 Å². The van der Waals surface area contributed by atoms with Gasteiger partial charge in [0.15, 0.2) is 5.75 Å². The summed E-state index contributed by atoms with van der Waals surface area (Å²) in [5.41, 5.74) is 1.80. The topological polar surface area (TPSA) is 64.1 Å². The van der Waals surface area contributed by atoms with E-state index < -0.39 is 11.2 Å². The first-order valence-electron chi connectivity index (χ1n) is 9.63. The van der Waals surface area contributed by atoms with Crippen LogP contribution in [-0.2, 0) is 10.2 Å². The number of carbonyl (C=O) groups excluding carboxylic acids is 1. The number of nitrogens with one attached hydrogen (secondary N) is 1. The summed E-state index contributed by atoms with van der Waals surface area (Å²) in [7, 11) is 0. The molecule has 1 fully saturated rings. The molecule has 2 aromatic carbocycles. The van der Waals surface area contributed by atoms with Crippen molar-refractivity contribution in [3.63, 3.8) is 0 Å². The maximum absolute atomic E-state index is 13.4. The van der Waals surface area contributed by atoms with Gasteiger partial charge in [-0.3, -0.25) is 4.79 Å². The summed E-state index contributed by atoms with van der Waals surface area (Å²) in [6, 6.07) is 14.0. The summed E-state index contributed by atoms with van der Waals surface area (Å²) >= 11 is 5.83. The number of aromatic nitrogens is 2. The maximum Gasteiger partial charge on any atom is 0.228 e. The largest absolute Gasteiger partial charge is 0.489 e. The van der Waals surface area contributed by atoms with Crippen molar-refractivity contribution in [3.05, 3.63) is 82.6 Å². The quantitative estimate of drug-likeness (QED) is 0.612. The third-order valence-electron chi connectivity index (χ3n) is 5.47. The molecule has 1 saturated carbocycles. The second kappa shape index (κ2) is 8.03. The molecule has 154 valence electrons. The highest BCUT2D eigenvalue weighted by molar-refractivity contribution is 6.31. The molecule has 0 aliphatic heterocycles. The van der Waals surface area contributed by atoms with Crippen LogP contribution in [0.4, 0.5) is 10.1 Å². The zero-order valence-corrected chi connectivity index (χ0v) is 17.4. The molecule has 1 aliphatic rings. The normalized spacial score (nSPS) is 19.9. The lowest BCUT2D eigenvalue weighted by Crippen LogP contribution is -2.26. The maximum atomic E-state index is 13.4. The molecular weight excluding hydrogens is 405 g/mol. The van der Waals surface area contributed by atoms with Crippen LogP contribution >= 0.6 is 11.6 Å². The van der Waals surface area contributed by atoms with Gasteiger partial charge in [0.2, 0.25) is 5.91 Å². The lowest BCUT2D eigenvalue weighted by Gasteiger charge is -2.19. The number of hydrogen-bond donors (Lipinski definition) is 1. The first-order chi connectivity index (χ1) is 14.4. The van der Waals surface area contributed by atoms with E-state index in [4.69, 9.17) is 16.3 Å². The van der Waals surface area contributed by atoms with Crippen molar-refractivity contribution < 1.29 is 13.9 Å². The van der Waals surface area contributed by atoms with Gasteiger partial charge >= 0.3 is 0 Å². The molecule has 0 saturated heterocycles. The predicted octanol–water partition coefficient (Wildman–Crippen LogP) is 4.86. The van der Waals surface area contributed by atoms with Crippen molar-refractivity contribution in [2.75, 3.05) is 11.9 Å². The van der Waals surface area contributed by atoms with Crippen LogP contribution in [0.3, 0.4) is 0 Å². The molecule has 4 rings (SSSR count). The van der Waals surface area contributed by atoms with Crippen LogP contribution < -0.4 is 10.1 Å². The minimum absolute atomic E-state index is 0.0314. The van der Waals surface area contributed by atoms with E-state index in [0.717, 1.165) is 11.3 Å². The number of amides is 1. The van der Waals surface area contributed by atoms with E-state index in [1.54, 1.807) is 6.20 Å². The van der Waals surface area contributed by atoms with Gasteiger partial charge in [-0.2, -0.15) is 0 Å². The predicted molar refractivity (Wildman–Crippen MR) is 113 cm³/mol. The molecule has 30 heavy (non-hydrogen) atoms. The number of aryl methyl sites for hydroxylation is 2. The number of rotatable bonds is 6. The summed E-state index contributed by atoms with van der Waals surface area (Å²) in [4.78, 5) is 21.5. The van der Waals surface area contributed by atoms with Crippen LogP contribution in [0, 0.1) is 25.6 Å². The van der Waals surface area contributed by atoms with Gasteiger partial charge in [0.1, 0.15) is 11.6 Å². The zero-order valence-electron chi connectivity index (χ0n) is 16.7. The van der Waals surface area contributed by atoms with E-state index >= 15 is 0 Å². The SMILES string of the molecule is Cc1ncc(OC[C@@]2(c3ccccc3)C[C@H]2C(=O)Nc2ccc(F)c(Cl)c2)c(C)n1. The van der Waals surface area contributed by atoms with Gasteiger partial charge in [0.25, 0.3) is 0 Å². The average molecular weight is 426 g/mol. The molecule has 1 aromatic heterocycles. The van der Waals surface area contributed by atoms with E-state index in [0.29, 0.717) is 30.3 Å². The highest BCUT2D eigenvalue weighted by Crippen LogP contribution is 2.55. The van der Waals surface area contributed by atoms with Crippen molar-refractivity contribution in [1.29, 1.82) is 0 Å². The van der Waals surface area contributed by atoms with Crippen molar-refractivity contribution in [3.8, 4) is 5.75 Å². The Kier molecular flexibility index (Phi) is 5.43. The summed E-state index contributed by atoms with van der Waals surface area (Å²) in [6.45, 7) is 4.02. The van der Waals surface area contributed by atoms with Gasteiger partial charge in [0, 0.05) is 11.1 Å². The first kappa shape index (κ1) is 20.3. The lowest BCUT2D eigenvalue weighted by molar-refractivity contribution is -0.117. The Morgan fingerprint density at radius 2 is 2.03 bits per heavy atom. The Morgan fingerprint density at radius 1 is 1.27 bits per heavy atom. The number of benzene rings is 2. The summed E-state index contributed by atoms with van der Waals surface area (Å²) in [6.07, 6.45) is 2.30. The van der Waals surface area contributed by atoms with Gasteiger partial charge in [-0.1, -0.05) is 41.9 Å². The van der Waals surface area contributed by atoms with Gasteiger partial charge in [-0.15, -0.1) is 0 Å². The third kappa shape index (κ3) is 4.00. The standard InChI is InChI=1S/C23H21ClFN3O2/c1-14-21(12-26-15(2)27-14)30-13-23(16-6-4-3-5-7-16)11-18(23)22(29)28-17-8-9-20(25)19(24)10-17/h3-10,12,18H,11,13H2,1-2H3,(H,28,29)/t18-,23+/m0/s1. The Balaban J connectivity index is 1.54. The lowest BCUT2D eigenvalue weighted by atomic mass is 9.93. The van der Waals surface area contributed by atoms with Crippen LogP contribution in [0.2, 0.25) is 5.02 Å². The van der Waals surface area contributed by atoms with Gasteiger partial charge in [-0.25, -0.2) is 14.4 Å². The van der Waals surface area contributed by atoms with Crippen molar-refractivity contribution in [2.45, 2.75) is 25.7 Å². The van der Waals surface area contributed by atoms with E-state index in [-0.39, 0.29) is 16.8 Å². The molecule has 7 heteroatoms. The monoisotopic (exact) mass is 425 g/mol. The molecule has 0 bridgehead atoms. The molecule has 0 spiro atoms. The molecule has 1 aliphatic carbocycles. The van der Waals surface area contributed by atoms with Crippen LogP contribution in [0.25, 0.3) is 0 Å². The van der Waals surface area contributed by atoms with E-state index in [2.05, 4.69) is 15.3 Å². The number of hydrogen-bond acceptors (Lipinski definition) is 4. The van der Waals surface area contributed by atoms with Crippen LogP contribution in [0.1, 0.15) is 23.5 Å². The number of anilines is 1. The zero-order chi connectivity index (χ0) is 21.3. The first-order valence-corrected chi connectivity index (χ1v) is 10.0. The van der Waals surface area contributed by atoms with Crippen LogP contribution in [0.5, 0.6) is 5.75 Å². The van der Waals surface area contributed by atoms with E-state index in [9.17, 15) is 9.18 Å². The molecule has 0 radical (unpaired) electrons. The van der Waals surface area contributed by atoms with E-state index in [1.807, 2.05) is 44.2 Å². The number of ether oxygens (including phenoxy) is 1. The Hall–Kier alpha value is -2.99. The Bertz CT molecular complexity index is 1090. The molecule has 0 unspecified atom stereocenters. The van der Waals surface area contributed by atoms with Gasteiger partial charge in [-0.05, 0) is 44.0 Å². The fourth-order valence-corrected chi connectivity index (χ4v) is 3.89. The van der Waals surface area contributed by atoms with Crippen molar-refractivity contribution >= 4 is 23.2 Å². The highest BCUT2D eigenvalue weighted by Gasteiger charge is 2.60. The van der Waals surface area contributed by atoms with Crippen molar-refractivity contribution in [2.24, 2.45) is 5.92 Å². The minimum Gasteiger partial charge on any atom is -0.489 e. The number of carbonyl (C=O) groups is 1. The van der Waals surface area contributed by atoms with Crippen LogP contribution in [0.15, 0.2) is 54.7 Å². The van der Waals surface area contributed by atoms with Gasteiger partial charge < -0.3 is 10.1 Å². The minimum atomic E-state index is -0.524. The molecular formula is C23H21ClFN3O2. The molecule has 1 heterocycles. The van der Waals surface area contributed by atoms with E-state index in [1.165, 1.54) is 18.2 Å². The number of nitrogens with zero attached hydrogens (tertiary/aromatic N) is 2. The smallest absolute Gasteiger partial charge is 0.228 e. The second-order valence-corrected chi connectivity index (χ2v) is 7.96. The summed E-state index contributed by atoms with van der Waals surface area (Å²) < 4.78 is 19.5. The summed E-state index contributed by atoms with van der Waals surface area (Å²) in [5, 5.41) is 2.81. The molecule has 1 amide bonds. The highest BCUT2D eigenvalue weighted by atomic mass is 35.5. The Labute approximate surface area is 179 Å². The number of halogens is 2. The molecule has 2 atom stereocenters. The summed E-state index contributed by atoms with van der Waals surface area (Å²) in [5.74, 6) is 0.327. The molecule has 3 aromatic rings. The fourth-order valence-electron chi connectivity index (χ4n) is 3.70. The molecule has 1 N–H and O–H groups in total. The Morgan fingerprint density at radius 3 is 2.73 bits per heavy atom. The third-order valence-corrected chi connectivity index (χ3v) is 5.76. The average Bonchev–Trinajstić information content (AvgIpc) is 3.47. The van der Waals surface area contributed by atoms with Crippen LogP contribution in [-0.4, -0.2) is 22.5 Å². The van der Waals surface area contributed by atoms with Crippen molar-refractivity contribution in [1.82, 2.24) is 9.97 Å². The fraction of sp³-hybridized carbons (Fsp3) is 0.261. The second-order valence-electron chi connectivity index (χ2n) is 7.55. The molecule has 5 nitrogen and oxygen atoms in total.